The van der Waals surface area contributed by atoms with Gasteiger partial charge in [0.05, 0.1) is 24.3 Å². The van der Waals surface area contributed by atoms with Gasteiger partial charge in [0.2, 0.25) is 5.43 Å². The Morgan fingerprint density at radius 3 is 2.79 bits per heavy atom. The lowest BCUT2D eigenvalue weighted by atomic mass is 9.95. The molecule has 0 bridgehead atoms. The highest BCUT2D eigenvalue weighted by molar-refractivity contribution is 5.93. The highest BCUT2D eigenvalue weighted by atomic mass is 16.5. The summed E-state index contributed by atoms with van der Waals surface area (Å²) in [5, 5.41) is 9.81. The summed E-state index contributed by atoms with van der Waals surface area (Å²) in [5.41, 5.74) is 0.865. The molecule has 1 saturated heterocycles. The van der Waals surface area contributed by atoms with Crippen molar-refractivity contribution in [2.45, 2.75) is 58.8 Å². The molecule has 1 aliphatic heterocycles. The molecule has 33 heavy (non-hydrogen) atoms. The molecule has 1 aromatic heterocycles. The first kappa shape index (κ1) is 25.1. The molecule has 0 spiro atoms. The molecule has 180 valence electrons. The van der Waals surface area contributed by atoms with Crippen LogP contribution >= 0.6 is 0 Å². The van der Waals surface area contributed by atoms with Gasteiger partial charge in [-0.05, 0) is 57.2 Å². The Hall–Kier alpha value is -2.48. The topological polar surface area (TPSA) is 87.0 Å². The molecule has 3 atom stereocenters. The second-order valence-corrected chi connectivity index (χ2v) is 8.96. The Morgan fingerprint density at radius 1 is 1.30 bits per heavy atom. The molecule has 1 fully saturated rings. The summed E-state index contributed by atoms with van der Waals surface area (Å²) in [6, 6.07) is 5.54. The molecule has 0 saturated carbocycles. The molecule has 1 aliphatic rings. The molecule has 0 aliphatic carbocycles. The lowest BCUT2D eigenvalue weighted by Crippen LogP contribution is -2.40. The number of ether oxygens (including phenoxy) is 3. The maximum atomic E-state index is 12.7. The number of fused-ring (bicyclic) bond motifs is 1. The number of aromatic carboxylic acids is 1. The summed E-state index contributed by atoms with van der Waals surface area (Å²) >= 11 is 0. The fourth-order valence-corrected chi connectivity index (χ4v) is 4.23. The molecule has 3 rings (SSSR count). The van der Waals surface area contributed by atoms with Crippen LogP contribution < -0.4 is 5.43 Å². The van der Waals surface area contributed by atoms with Crippen LogP contribution in [-0.4, -0.2) is 54.3 Å². The number of rotatable bonds is 10. The van der Waals surface area contributed by atoms with Crippen molar-refractivity contribution in [3.8, 4) is 0 Å². The zero-order valence-electron chi connectivity index (χ0n) is 20.0. The second-order valence-electron chi connectivity index (χ2n) is 8.96. The fourth-order valence-electron chi connectivity index (χ4n) is 4.23. The smallest absolute Gasteiger partial charge is 0.341 e. The Balaban J connectivity index is 1.53. The van der Waals surface area contributed by atoms with Crippen molar-refractivity contribution in [3.63, 3.8) is 0 Å². The van der Waals surface area contributed by atoms with Gasteiger partial charge in [-0.1, -0.05) is 25.1 Å². The lowest BCUT2D eigenvalue weighted by Gasteiger charge is -2.34. The van der Waals surface area contributed by atoms with Gasteiger partial charge in [-0.25, -0.2) is 4.79 Å². The first-order chi connectivity index (χ1) is 15.8. The van der Waals surface area contributed by atoms with Crippen LogP contribution in [0.5, 0.6) is 0 Å². The highest BCUT2D eigenvalue weighted by Crippen LogP contribution is 2.23. The van der Waals surface area contributed by atoms with Crippen molar-refractivity contribution in [3.05, 3.63) is 51.8 Å². The van der Waals surface area contributed by atoms with E-state index >= 15 is 0 Å². The van der Waals surface area contributed by atoms with Crippen molar-refractivity contribution >= 4 is 22.9 Å². The van der Waals surface area contributed by atoms with E-state index in [9.17, 15) is 14.7 Å². The Labute approximate surface area is 195 Å². The third kappa shape index (κ3) is 6.31. The van der Waals surface area contributed by atoms with Gasteiger partial charge in [-0.2, -0.15) is 0 Å². The van der Waals surface area contributed by atoms with E-state index in [4.69, 9.17) is 14.2 Å². The van der Waals surface area contributed by atoms with E-state index in [2.05, 4.69) is 13.8 Å². The van der Waals surface area contributed by atoms with E-state index in [1.807, 2.05) is 42.7 Å². The average molecular weight is 458 g/mol. The number of carboxylic acid groups (broad SMARTS) is 1. The predicted octanol–water partition coefficient (Wildman–Crippen LogP) is 4.53. The Kier molecular flexibility index (Phi) is 8.83. The summed E-state index contributed by atoms with van der Waals surface area (Å²) < 4.78 is 19.1. The SMILES string of the molecule is CC(C)n1cc(C(=O)O)c(=O)c2cc(/C=C/COCCCO[C@H]3[C@H](C)OCC[C@@H]3C)ccc21. The molecule has 2 heterocycles. The van der Waals surface area contributed by atoms with E-state index in [1.165, 1.54) is 6.20 Å². The van der Waals surface area contributed by atoms with Crippen molar-refractivity contribution in [1.82, 2.24) is 4.57 Å². The third-order valence-electron chi connectivity index (χ3n) is 6.09. The van der Waals surface area contributed by atoms with Crippen LogP contribution in [0.4, 0.5) is 0 Å². The fraction of sp³-hybridized carbons (Fsp3) is 0.538. The zero-order valence-corrected chi connectivity index (χ0v) is 20.0. The predicted molar refractivity (Wildman–Crippen MR) is 129 cm³/mol. The summed E-state index contributed by atoms with van der Waals surface area (Å²) in [5.74, 6) is -0.703. The van der Waals surface area contributed by atoms with Crippen LogP contribution in [0, 0.1) is 5.92 Å². The number of hydrogen-bond acceptors (Lipinski definition) is 5. The maximum Gasteiger partial charge on any atom is 0.341 e. The number of benzene rings is 1. The Bertz CT molecular complexity index is 1030. The molecule has 1 N–H and O–H groups in total. The van der Waals surface area contributed by atoms with Gasteiger partial charge < -0.3 is 23.9 Å². The summed E-state index contributed by atoms with van der Waals surface area (Å²) in [6.07, 6.45) is 7.33. The number of carbonyl (C=O) groups is 1. The monoisotopic (exact) mass is 457 g/mol. The van der Waals surface area contributed by atoms with Gasteiger partial charge in [0.1, 0.15) is 5.56 Å². The number of carboxylic acids is 1. The van der Waals surface area contributed by atoms with Crippen LogP contribution in [0.25, 0.3) is 17.0 Å². The number of nitrogens with zero attached hydrogens (tertiary/aromatic N) is 1. The van der Waals surface area contributed by atoms with E-state index in [1.54, 1.807) is 6.07 Å². The van der Waals surface area contributed by atoms with Crippen molar-refractivity contribution < 1.29 is 24.1 Å². The summed E-state index contributed by atoms with van der Waals surface area (Å²) in [4.78, 5) is 24.2. The molecular weight excluding hydrogens is 422 g/mol. The van der Waals surface area contributed by atoms with Crippen molar-refractivity contribution in [2.75, 3.05) is 26.4 Å². The van der Waals surface area contributed by atoms with Gasteiger partial charge in [0.15, 0.2) is 0 Å². The summed E-state index contributed by atoms with van der Waals surface area (Å²) in [6.45, 7) is 10.7. The first-order valence-electron chi connectivity index (χ1n) is 11.7. The minimum absolute atomic E-state index is 0.0297. The molecule has 2 aromatic rings. The molecule has 7 nitrogen and oxygen atoms in total. The van der Waals surface area contributed by atoms with Crippen molar-refractivity contribution in [1.29, 1.82) is 0 Å². The molecule has 0 unspecified atom stereocenters. The minimum Gasteiger partial charge on any atom is -0.477 e. The van der Waals surface area contributed by atoms with Crippen LogP contribution in [0.15, 0.2) is 35.3 Å². The minimum atomic E-state index is -1.21. The first-order valence-corrected chi connectivity index (χ1v) is 11.7. The van der Waals surface area contributed by atoms with Crippen LogP contribution in [0.3, 0.4) is 0 Å². The normalized spacial score (nSPS) is 21.3. The molecule has 7 heteroatoms. The van der Waals surface area contributed by atoms with E-state index in [0.29, 0.717) is 31.1 Å². The average Bonchev–Trinajstić information content (AvgIpc) is 2.77. The van der Waals surface area contributed by atoms with Crippen LogP contribution in [0.2, 0.25) is 0 Å². The Morgan fingerprint density at radius 2 is 2.09 bits per heavy atom. The molecule has 0 radical (unpaired) electrons. The largest absolute Gasteiger partial charge is 0.477 e. The molecular formula is C26H35NO6. The lowest BCUT2D eigenvalue weighted by molar-refractivity contribution is -0.125. The number of aromatic nitrogens is 1. The van der Waals surface area contributed by atoms with Gasteiger partial charge in [-0.3, -0.25) is 4.79 Å². The van der Waals surface area contributed by atoms with E-state index in [0.717, 1.165) is 30.5 Å². The zero-order chi connectivity index (χ0) is 24.0. The van der Waals surface area contributed by atoms with Crippen molar-refractivity contribution in [2.24, 2.45) is 5.92 Å². The molecule has 1 aromatic carbocycles. The van der Waals surface area contributed by atoms with Gasteiger partial charge in [0, 0.05) is 37.4 Å². The number of pyridine rings is 1. The van der Waals surface area contributed by atoms with E-state index in [-0.39, 0.29) is 23.8 Å². The number of hydrogen-bond donors (Lipinski definition) is 1. The quantitative estimate of drug-likeness (QED) is 0.528. The van der Waals surface area contributed by atoms with Gasteiger partial charge in [-0.15, -0.1) is 0 Å². The van der Waals surface area contributed by atoms with Gasteiger partial charge in [0.25, 0.3) is 0 Å². The van der Waals surface area contributed by atoms with Gasteiger partial charge >= 0.3 is 5.97 Å². The van der Waals surface area contributed by atoms with Crippen LogP contribution in [0.1, 0.15) is 62.5 Å². The summed E-state index contributed by atoms with van der Waals surface area (Å²) in [7, 11) is 0. The van der Waals surface area contributed by atoms with Crippen LogP contribution in [-0.2, 0) is 14.2 Å². The second kappa shape index (κ2) is 11.6. The highest BCUT2D eigenvalue weighted by Gasteiger charge is 2.28. The van der Waals surface area contributed by atoms with E-state index < -0.39 is 11.4 Å². The standard InChI is InChI=1S/C26H35NO6/c1-17(2)27-16-22(26(29)30)24(28)21-15-20(8-9-23(21)27)7-5-11-31-12-6-13-33-25-18(3)10-14-32-19(25)4/h5,7-9,15-19,25H,6,10-14H2,1-4H3,(H,29,30)/b7-5+/t18-,19-,25+/m0/s1. The molecule has 0 amide bonds. The maximum absolute atomic E-state index is 12.7. The third-order valence-corrected chi connectivity index (χ3v) is 6.09.